The molecule has 0 spiro atoms. The molecule has 3 heterocycles. The summed E-state index contributed by atoms with van der Waals surface area (Å²) in [5.74, 6) is 0. The molecular formula is C69H51N3. The van der Waals surface area contributed by atoms with E-state index in [4.69, 9.17) is 0 Å². The first-order valence-electron chi connectivity index (χ1n) is 25.7. The van der Waals surface area contributed by atoms with E-state index < -0.39 is 0 Å². The van der Waals surface area contributed by atoms with Gasteiger partial charge in [0.1, 0.15) is 0 Å². The molecule has 0 fully saturated rings. The fraction of sp³-hybridized carbons (Fsp3) is 0.130. The van der Waals surface area contributed by atoms with Crippen LogP contribution in [0.25, 0.3) is 116 Å². The van der Waals surface area contributed by atoms with Crippen molar-refractivity contribution in [2.45, 2.75) is 57.8 Å². The molecule has 0 saturated heterocycles. The lowest BCUT2D eigenvalue weighted by Crippen LogP contribution is -2.22. The van der Waals surface area contributed by atoms with Crippen LogP contribution in [0.2, 0.25) is 0 Å². The van der Waals surface area contributed by atoms with Gasteiger partial charge in [-0.3, -0.25) is 0 Å². The van der Waals surface area contributed by atoms with Crippen LogP contribution in [0.15, 0.2) is 200 Å². The summed E-state index contributed by atoms with van der Waals surface area (Å²) in [6, 6.07) is 75.6. The van der Waals surface area contributed by atoms with Gasteiger partial charge in [-0.1, -0.05) is 169 Å². The number of hydrogen-bond acceptors (Lipinski definition) is 0. The van der Waals surface area contributed by atoms with Crippen molar-refractivity contribution in [3.05, 3.63) is 234 Å². The summed E-state index contributed by atoms with van der Waals surface area (Å²) in [4.78, 5) is 0. The van der Waals surface area contributed by atoms with Gasteiger partial charge < -0.3 is 13.7 Å². The highest BCUT2D eigenvalue weighted by Crippen LogP contribution is 2.68. The summed E-state index contributed by atoms with van der Waals surface area (Å²) < 4.78 is 7.47. The van der Waals surface area contributed by atoms with Gasteiger partial charge in [0, 0.05) is 65.6 Å². The van der Waals surface area contributed by atoms with Gasteiger partial charge in [0.15, 0.2) is 0 Å². The first-order valence-corrected chi connectivity index (χ1v) is 25.7. The lowest BCUT2D eigenvalue weighted by Gasteiger charge is -2.31. The number of fused-ring (bicyclic) bond motifs is 21. The third-order valence-electron chi connectivity index (χ3n) is 17.7. The van der Waals surface area contributed by atoms with E-state index in [1.165, 1.54) is 149 Å². The molecule has 0 aliphatic heterocycles. The summed E-state index contributed by atoms with van der Waals surface area (Å²) >= 11 is 0. The van der Waals surface area contributed by atoms with Gasteiger partial charge in [-0.15, -0.1) is 0 Å². The van der Waals surface area contributed by atoms with Crippen molar-refractivity contribution in [1.29, 1.82) is 0 Å². The Kier molecular flexibility index (Phi) is 7.57. The van der Waals surface area contributed by atoms with E-state index >= 15 is 0 Å². The van der Waals surface area contributed by atoms with Crippen LogP contribution in [-0.4, -0.2) is 13.7 Å². The first-order chi connectivity index (χ1) is 35.0. The molecule has 3 aliphatic rings. The average Bonchev–Trinajstić information content (AvgIpc) is 4.19. The summed E-state index contributed by atoms with van der Waals surface area (Å²) in [6.45, 7) is 15.0. The molecule has 3 aliphatic carbocycles. The zero-order chi connectivity index (χ0) is 48.2. The van der Waals surface area contributed by atoms with Crippen LogP contribution in [0.4, 0.5) is 0 Å². The Morgan fingerprint density at radius 3 is 0.681 bits per heavy atom. The summed E-state index contributed by atoms with van der Waals surface area (Å²) in [5, 5.41) is 7.70. The maximum atomic E-state index is 2.54. The molecule has 3 aromatic heterocycles. The molecular weight excluding hydrogens is 871 g/mol. The molecule has 10 aromatic carbocycles. The maximum Gasteiger partial charge on any atom is 0.0541 e. The van der Waals surface area contributed by atoms with Crippen molar-refractivity contribution < 1.29 is 0 Å². The van der Waals surface area contributed by atoms with Crippen molar-refractivity contribution in [2.75, 3.05) is 0 Å². The fourth-order valence-electron chi connectivity index (χ4n) is 14.7. The van der Waals surface area contributed by atoms with E-state index in [-0.39, 0.29) is 16.2 Å². The quantitative estimate of drug-likeness (QED) is 0.168. The molecule has 0 unspecified atom stereocenters. The van der Waals surface area contributed by atoms with Crippen molar-refractivity contribution in [1.82, 2.24) is 13.7 Å². The normalized spacial score (nSPS) is 15.4. The van der Waals surface area contributed by atoms with E-state index in [1.54, 1.807) is 0 Å². The SMILES string of the molecule is CC1(C)c2cc(-n3c4ccccc4c4ccccc43)ccc2-c2c1c1c(c3c2C(C)(C)c2cc(-n4c5ccccc5c5ccccc54)ccc2-3)C(C)(C)c2cc(-n3c4ccccc4c4ccccc43)ccc2-1. The zero-order valence-corrected chi connectivity index (χ0v) is 41.4. The Bertz CT molecular complexity index is 3950. The molecule has 3 heteroatoms. The van der Waals surface area contributed by atoms with E-state index in [0.29, 0.717) is 0 Å². The minimum atomic E-state index is -0.319. The monoisotopic (exact) mass is 921 g/mol. The van der Waals surface area contributed by atoms with Crippen molar-refractivity contribution >= 4 is 65.4 Å². The topological polar surface area (TPSA) is 14.8 Å². The lowest BCUT2D eigenvalue weighted by molar-refractivity contribution is 0.635. The summed E-state index contributed by atoms with van der Waals surface area (Å²) in [6.07, 6.45) is 0. The second kappa shape index (κ2) is 13.5. The Hall–Kier alpha value is -8.40. The van der Waals surface area contributed by atoms with Crippen LogP contribution in [0.3, 0.4) is 0 Å². The highest BCUT2D eigenvalue weighted by Gasteiger charge is 2.52. The minimum Gasteiger partial charge on any atom is -0.309 e. The molecule has 16 rings (SSSR count). The van der Waals surface area contributed by atoms with Crippen molar-refractivity contribution in [3.8, 4) is 50.4 Å². The average molecular weight is 922 g/mol. The molecule has 13 aromatic rings. The highest BCUT2D eigenvalue weighted by atomic mass is 15.0. The molecule has 0 atom stereocenters. The Balaban J connectivity index is 0.982. The van der Waals surface area contributed by atoms with Gasteiger partial charge in [0.25, 0.3) is 0 Å². The molecule has 3 nitrogen and oxygen atoms in total. The lowest BCUT2D eigenvalue weighted by atomic mass is 9.71. The predicted molar refractivity (Wildman–Crippen MR) is 302 cm³/mol. The molecule has 342 valence electrons. The Morgan fingerprint density at radius 1 is 0.250 bits per heavy atom. The van der Waals surface area contributed by atoms with E-state index in [1.807, 2.05) is 0 Å². The number of rotatable bonds is 3. The van der Waals surface area contributed by atoms with Gasteiger partial charge in [-0.05, 0) is 140 Å². The number of benzene rings is 10. The fourth-order valence-corrected chi connectivity index (χ4v) is 14.7. The molecule has 0 bridgehead atoms. The Labute approximate surface area is 418 Å². The van der Waals surface area contributed by atoms with Gasteiger partial charge in [-0.2, -0.15) is 0 Å². The van der Waals surface area contributed by atoms with E-state index in [9.17, 15) is 0 Å². The maximum absolute atomic E-state index is 2.54. The molecule has 0 radical (unpaired) electrons. The van der Waals surface area contributed by atoms with E-state index in [2.05, 4.69) is 255 Å². The second-order valence-electron chi connectivity index (χ2n) is 22.4. The van der Waals surface area contributed by atoms with Crippen molar-refractivity contribution in [3.63, 3.8) is 0 Å². The second-order valence-corrected chi connectivity index (χ2v) is 22.4. The minimum absolute atomic E-state index is 0.319. The van der Waals surface area contributed by atoms with Crippen LogP contribution < -0.4 is 0 Å². The summed E-state index contributed by atoms with van der Waals surface area (Å²) in [5.41, 5.74) is 27.0. The van der Waals surface area contributed by atoms with Crippen LogP contribution in [0.1, 0.15) is 74.9 Å². The van der Waals surface area contributed by atoms with Crippen LogP contribution in [0, 0.1) is 0 Å². The smallest absolute Gasteiger partial charge is 0.0541 e. The zero-order valence-electron chi connectivity index (χ0n) is 41.4. The standard InChI is InChI=1S/C69H51N3/c1-67(2)52-37-40(70-55-25-13-7-19-43(55)44-20-8-14-26-56(44)70)31-34-49(52)61-64(67)62-50-35-32-41(71-57-27-15-9-21-45(57)46-22-10-16-28-58(46)71)38-53(50)68(3,4)66(62)63-51-36-33-42(39-54(51)69(5,6)65(61)63)72-59-29-17-11-23-47(59)48-24-12-18-30-60(48)72/h7-39H,1-6H3. The van der Waals surface area contributed by atoms with Gasteiger partial charge >= 0.3 is 0 Å². The molecule has 0 saturated carbocycles. The highest BCUT2D eigenvalue weighted by molar-refractivity contribution is 6.12. The van der Waals surface area contributed by atoms with Gasteiger partial charge in [0.2, 0.25) is 0 Å². The first kappa shape index (κ1) is 40.3. The number of nitrogens with zero attached hydrogens (tertiary/aromatic N) is 3. The molecule has 72 heavy (non-hydrogen) atoms. The van der Waals surface area contributed by atoms with Crippen LogP contribution >= 0.6 is 0 Å². The third kappa shape index (κ3) is 4.82. The Morgan fingerprint density at radius 2 is 0.458 bits per heavy atom. The van der Waals surface area contributed by atoms with Crippen molar-refractivity contribution in [2.24, 2.45) is 0 Å². The van der Waals surface area contributed by atoms with Crippen LogP contribution in [-0.2, 0) is 16.2 Å². The number of aromatic nitrogens is 3. The predicted octanol–water partition coefficient (Wildman–Crippen LogP) is 17.9. The van der Waals surface area contributed by atoms with Gasteiger partial charge in [0.05, 0.1) is 33.1 Å². The van der Waals surface area contributed by atoms with Gasteiger partial charge in [-0.25, -0.2) is 0 Å². The summed E-state index contributed by atoms with van der Waals surface area (Å²) in [7, 11) is 0. The molecule has 0 N–H and O–H groups in total. The largest absolute Gasteiger partial charge is 0.309 e. The molecule has 0 amide bonds. The van der Waals surface area contributed by atoms with Crippen LogP contribution in [0.5, 0.6) is 0 Å². The number of para-hydroxylation sites is 6. The third-order valence-corrected chi connectivity index (χ3v) is 17.7. The van der Waals surface area contributed by atoms with E-state index in [0.717, 1.165) is 0 Å². The number of hydrogen-bond donors (Lipinski definition) is 0.